The van der Waals surface area contributed by atoms with Gasteiger partial charge in [-0.2, -0.15) is 0 Å². The summed E-state index contributed by atoms with van der Waals surface area (Å²) in [6.07, 6.45) is 0.0185. The Bertz CT molecular complexity index is 436. The average molecular weight is 239 g/mol. The van der Waals surface area contributed by atoms with E-state index in [9.17, 15) is 9.18 Å². The molecule has 0 unspecified atom stereocenters. The highest BCUT2D eigenvalue weighted by atomic mass is 19.1. The van der Waals surface area contributed by atoms with Crippen molar-refractivity contribution in [3.8, 4) is 5.75 Å². The Morgan fingerprint density at radius 2 is 2.41 bits per heavy atom. The normalized spacial score (nSPS) is 18.5. The molecule has 1 aliphatic rings. The van der Waals surface area contributed by atoms with Gasteiger partial charge in [-0.1, -0.05) is 0 Å². The van der Waals surface area contributed by atoms with Crippen LogP contribution < -0.4 is 9.64 Å². The van der Waals surface area contributed by atoms with Crippen molar-refractivity contribution in [3.05, 3.63) is 24.0 Å². The van der Waals surface area contributed by atoms with Crippen molar-refractivity contribution < 1.29 is 19.0 Å². The minimum Gasteiger partial charge on any atom is -0.489 e. The minimum atomic E-state index is -0.859. The Morgan fingerprint density at radius 3 is 3.06 bits per heavy atom. The van der Waals surface area contributed by atoms with E-state index in [2.05, 4.69) is 0 Å². The fourth-order valence-electron chi connectivity index (χ4n) is 2.11. The number of nitrogens with zero attached hydrogens (tertiary/aromatic N) is 1. The number of ether oxygens (including phenoxy) is 1. The van der Waals surface area contributed by atoms with Crippen LogP contribution in [0.3, 0.4) is 0 Å². The van der Waals surface area contributed by atoms with Gasteiger partial charge < -0.3 is 14.7 Å². The molecule has 0 fully saturated rings. The van der Waals surface area contributed by atoms with Crippen LogP contribution in [0, 0.1) is 5.82 Å². The quantitative estimate of drug-likeness (QED) is 0.875. The topological polar surface area (TPSA) is 49.8 Å². The van der Waals surface area contributed by atoms with Crippen LogP contribution in [0.5, 0.6) is 5.75 Å². The van der Waals surface area contributed by atoms with Gasteiger partial charge in [-0.05, 0) is 19.1 Å². The Kier molecular flexibility index (Phi) is 3.17. The number of carbonyl (C=O) groups is 1. The van der Waals surface area contributed by atoms with Crippen molar-refractivity contribution in [1.82, 2.24) is 0 Å². The van der Waals surface area contributed by atoms with Gasteiger partial charge in [0.05, 0.1) is 18.2 Å². The molecule has 4 nitrogen and oxygen atoms in total. The Hall–Kier alpha value is -1.78. The molecule has 1 N–H and O–H groups in total. The molecule has 1 atom stereocenters. The summed E-state index contributed by atoms with van der Waals surface area (Å²) in [4.78, 5) is 12.7. The maximum Gasteiger partial charge on any atom is 0.305 e. The fourth-order valence-corrected chi connectivity index (χ4v) is 2.11. The van der Waals surface area contributed by atoms with E-state index in [4.69, 9.17) is 9.84 Å². The van der Waals surface area contributed by atoms with Crippen LogP contribution in [-0.2, 0) is 4.79 Å². The molecule has 1 heterocycles. The Labute approximate surface area is 98.6 Å². The summed E-state index contributed by atoms with van der Waals surface area (Å²) in [6, 6.07) is 4.11. The van der Waals surface area contributed by atoms with Gasteiger partial charge in [-0.3, -0.25) is 4.79 Å². The van der Waals surface area contributed by atoms with Crippen LogP contribution in [0.15, 0.2) is 18.2 Å². The zero-order valence-corrected chi connectivity index (χ0v) is 9.52. The third kappa shape index (κ3) is 2.33. The highest BCUT2D eigenvalue weighted by molar-refractivity contribution is 5.70. The maximum absolute atomic E-state index is 13.0. The highest BCUT2D eigenvalue weighted by Gasteiger charge is 2.28. The largest absolute Gasteiger partial charge is 0.489 e. The number of anilines is 1. The first-order valence-electron chi connectivity index (χ1n) is 5.52. The number of likely N-dealkylation sites (N-methyl/N-ethyl adjacent to an activating group) is 1. The second-order valence-electron chi connectivity index (χ2n) is 3.96. The second kappa shape index (κ2) is 4.61. The highest BCUT2D eigenvalue weighted by Crippen LogP contribution is 2.34. The van der Waals surface area contributed by atoms with E-state index < -0.39 is 5.97 Å². The van der Waals surface area contributed by atoms with Gasteiger partial charge in [0.15, 0.2) is 0 Å². The molecule has 0 saturated heterocycles. The van der Waals surface area contributed by atoms with E-state index >= 15 is 0 Å². The van der Waals surface area contributed by atoms with Gasteiger partial charge >= 0.3 is 5.97 Å². The van der Waals surface area contributed by atoms with Crippen LogP contribution in [0.4, 0.5) is 10.1 Å². The molecule has 1 aromatic rings. The molecule has 1 aliphatic heterocycles. The van der Waals surface area contributed by atoms with Crippen molar-refractivity contribution in [3.63, 3.8) is 0 Å². The molecule has 0 aromatic heterocycles. The molecule has 0 amide bonds. The van der Waals surface area contributed by atoms with E-state index in [1.165, 1.54) is 12.1 Å². The van der Waals surface area contributed by atoms with E-state index in [1.54, 1.807) is 6.07 Å². The zero-order chi connectivity index (χ0) is 12.4. The summed E-state index contributed by atoms with van der Waals surface area (Å²) in [7, 11) is 0. The summed E-state index contributed by atoms with van der Waals surface area (Å²) in [5, 5.41) is 8.83. The van der Waals surface area contributed by atoms with Gasteiger partial charge in [-0.15, -0.1) is 0 Å². The lowest BCUT2D eigenvalue weighted by Gasteiger charge is -2.37. The van der Waals surface area contributed by atoms with E-state index in [-0.39, 0.29) is 24.9 Å². The lowest BCUT2D eigenvalue weighted by molar-refractivity contribution is -0.137. The Balaban J connectivity index is 2.29. The van der Waals surface area contributed by atoms with Crippen LogP contribution in [0.1, 0.15) is 13.3 Å². The molecule has 0 aliphatic carbocycles. The van der Waals surface area contributed by atoms with E-state index in [0.717, 1.165) is 5.69 Å². The smallest absolute Gasteiger partial charge is 0.305 e. The van der Waals surface area contributed by atoms with Crippen molar-refractivity contribution in [2.75, 3.05) is 18.1 Å². The number of aliphatic carboxylic acids is 1. The van der Waals surface area contributed by atoms with Gasteiger partial charge in [0, 0.05) is 12.6 Å². The zero-order valence-electron chi connectivity index (χ0n) is 9.52. The molecule has 17 heavy (non-hydrogen) atoms. The number of halogens is 1. The monoisotopic (exact) mass is 239 g/mol. The van der Waals surface area contributed by atoms with Crippen LogP contribution >= 0.6 is 0 Å². The number of carboxylic acids is 1. The van der Waals surface area contributed by atoms with E-state index in [1.807, 2.05) is 11.8 Å². The van der Waals surface area contributed by atoms with Crippen LogP contribution in [0.25, 0.3) is 0 Å². The first-order valence-corrected chi connectivity index (χ1v) is 5.52. The lowest BCUT2D eigenvalue weighted by atomic mass is 10.1. The third-order valence-electron chi connectivity index (χ3n) is 2.85. The van der Waals surface area contributed by atoms with Crippen molar-refractivity contribution in [2.24, 2.45) is 0 Å². The van der Waals surface area contributed by atoms with Crippen molar-refractivity contribution in [1.29, 1.82) is 0 Å². The number of hydrogen-bond acceptors (Lipinski definition) is 3. The fraction of sp³-hybridized carbons (Fsp3) is 0.417. The SMILES string of the molecule is CCN1c2ccc(F)cc2OC[C@@H]1CC(=O)O. The first-order chi connectivity index (χ1) is 8.11. The van der Waals surface area contributed by atoms with Crippen molar-refractivity contribution >= 4 is 11.7 Å². The van der Waals surface area contributed by atoms with E-state index in [0.29, 0.717) is 12.3 Å². The summed E-state index contributed by atoms with van der Waals surface area (Å²) in [5.41, 5.74) is 0.756. The molecular formula is C12H14FNO3. The van der Waals surface area contributed by atoms with Gasteiger partial charge in [0.2, 0.25) is 0 Å². The van der Waals surface area contributed by atoms with Crippen LogP contribution in [0.2, 0.25) is 0 Å². The predicted octanol–water partition coefficient (Wildman–Crippen LogP) is 1.89. The number of carboxylic acid groups (broad SMARTS) is 1. The molecule has 1 aromatic carbocycles. The van der Waals surface area contributed by atoms with Gasteiger partial charge in [0.1, 0.15) is 18.2 Å². The molecule has 5 heteroatoms. The number of benzene rings is 1. The molecule has 0 radical (unpaired) electrons. The number of hydrogen-bond donors (Lipinski definition) is 1. The van der Waals surface area contributed by atoms with Crippen LogP contribution in [-0.4, -0.2) is 30.3 Å². The van der Waals surface area contributed by atoms with Crippen molar-refractivity contribution in [2.45, 2.75) is 19.4 Å². The molecule has 0 bridgehead atoms. The molecule has 0 saturated carbocycles. The second-order valence-corrected chi connectivity index (χ2v) is 3.96. The first kappa shape index (κ1) is 11.7. The third-order valence-corrected chi connectivity index (χ3v) is 2.85. The van der Waals surface area contributed by atoms with Gasteiger partial charge in [0.25, 0.3) is 0 Å². The predicted molar refractivity (Wildman–Crippen MR) is 61.0 cm³/mol. The van der Waals surface area contributed by atoms with Gasteiger partial charge in [-0.25, -0.2) is 4.39 Å². The summed E-state index contributed by atoms with van der Waals surface area (Å²) < 4.78 is 18.4. The Morgan fingerprint density at radius 1 is 1.65 bits per heavy atom. The molecule has 2 rings (SSSR count). The molecule has 0 spiro atoms. The summed E-state index contributed by atoms with van der Waals surface area (Å²) >= 11 is 0. The number of fused-ring (bicyclic) bond motifs is 1. The molecular weight excluding hydrogens is 225 g/mol. The minimum absolute atomic E-state index is 0.0185. The number of rotatable bonds is 3. The average Bonchev–Trinajstić information content (AvgIpc) is 2.28. The lowest BCUT2D eigenvalue weighted by Crippen LogP contribution is -2.44. The molecule has 92 valence electrons. The maximum atomic E-state index is 13.0. The standard InChI is InChI=1S/C12H14FNO3/c1-2-14-9(6-12(15)16)7-17-11-5-8(13)3-4-10(11)14/h3-5,9H,2,6-7H2,1H3,(H,15,16)/t9-/m0/s1. The summed E-state index contributed by atoms with van der Waals surface area (Å²) in [5.74, 6) is -0.729. The summed E-state index contributed by atoms with van der Waals surface area (Å²) in [6.45, 7) is 2.88.